The lowest BCUT2D eigenvalue weighted by Gasteiger charge is -2.30. The number of anilines is 1. The molecule has 1 aromatic carbocycles. The van der Waals surface area contributed by atoms with Crippen molar-refractivity contribution in [2.75, 3.05) is 32.2 Å². The van der Waals surface area contributed by atoms with Gasteiger partial charge in [-0.05, 0) is 24.8 Å². The normalized spacial score (nSPS) is 19.2. The number of imidazole rings is 1. The molecule has 1 aliphatic rings. The number of nitrogens with one attached hydrogen (secondary N) is 1. The topological polar surface area (TPSA) is 199 Å². The fraction of sp³-hybridized carbons (Fsp3) is 0.651. The minimum Gasteiger partial charge on any atom is -0.465 e. The van der Waals surface area contributed by atoms with Crippen LogP contribution >= 0.6 is 7.75 Å². The number of fused-ring (bicyclic) bond motifs is 1. The Balaban J connectivity index is 1.46. The summed E-state index contributed by atoms with van der Waals surface area (Å²) in [6.07, 6.45) is 20.6. The zero-order valence-corrected chi connectivity index (χ0v) is 36.1. The van der Waals surface area contributed by atoms with Crippen LogP contribution in [0.1, 0.15) is 135 Å². The lowest BCUT2D eigenvalue weighted by Crippen LogP contribution is -2.44. The first-order valence-corrected chi connectivity index (χ1v) is 23.1. The number of hydrogen-bond acceptors (Lipinski definition) is 13. The quantitative estimate of drug-likeness (QED) is 0.0192. The van der Waals surface area contributed by atoms with E-state index in [0.717, 1.165) is 44.1 Å². The van der Waals surface area contributed by atoms with Gasteiger partial charge in [0.1, 0.15) is 25.0 Å². The number of benzene rings is 1. The van der Waals surface area contributed by atoms with Crippen LogP contribution in [0.25, 0.3) is 11.2 Å². The number of esters is 2. The van der Waals surface area contributed by atoms with Gasteiger partial charge in [0.25, 0.3) is 0 Å². The predicted molar refractivity (Wildman–Crippen MR) is 226 cm³/mol. The zero-order valence-electron chi connectivity index (χ0n) is 35.2. The third-order valence-electron chi connectivity index (χ3n) is 10.5. The number of rotatable bonds is 30. The number of carbonyl (C=O) groups excluding carboxylic acids is 2. The van der Waals surface area contributed by atoms with Crippen molar-refractivity contribution in [3.05, 3.63) is 48.3 Å². The minimum absolute atomic E-state index is 0.00124. The summed E-state index contributed by atoms with van der Waals surface area (Å²) in [6, 6.07) is 7.79. The highest BCUT2D eigenvalue weighted by Gasteiger charge is 2.50. The third-order valence-corrected chi connectivity index (χ3v) is 12.0. The standard InChI is InChI=1S/C43H64FN6O9P/c1-4-7-9-11-13-15-17-22-26-55-37(52)30-57-60(54,49-34(28-33-24-20-19-21-25-33)41(53)56-27-23-18-16-14-12-10-8-5-2)58-31-43(6-3)35(51)29-36(59-43)50-32-46-38-39(45)47-42(44)48-40(38)50/h3,19-21,24-25,32,34-36,51H,4-5,7-18,22-23,26-31H2,1-2H3,(H,49,54)(H2,45,47,48)/t34-,35-,36+,43+,60?/m0/s1. The molecule has 0 amide bonds. The van der Waals surface area contributed by atoms with Crippen LogP contribution in [0.15, 0.2) is 36.7 Å². The molecule has 2 aromatic heterocycles. The minimum atomic E-state index is -4.66. The molecule has 0 spiro atoms. The Labute approximate surface area is 353 Å². The molecule has 332 valence electrons. The molecule has 1 unspecified atom stereocenters. The van der Waals surface area contributed by atoms with Gasteiger partial charge in [0, 0.05) is 6.42 Å². The monoisotopic (exact) mass is 858 g/mol. The van der Waals surface area contributed by atoms with E-state index in [-0.39, 0.29) is 43.0 Å². The van der Waals surface area contributed by atoms with E-state index in [9.17, 15) is 23.7 Å². The van der Waals surface area contributed by atoms with E-state index >= 15 is 0 Å². The fourth-order valence-electron chi connectivity index (χ4n) is 6.97. The van der Waals surface area contributed by atoms with Gasteiger partial charge in [0.15, 0.2) is 29.2 Å². The highest BCUT2D eigenvalue weighted by Crippen LogP contribution is 2.48. The number of unbranched alkanes of at least 4 members (excludes halogenated alkanes) is 14. The van der Waals surface area contributed by atoms with Gasteiger partial charge >= 0.3 is 25.8 Å². The second-order valence-corrected chi connectivity index (χ2v) is 17.1. The Kier molecular flexibility index (Phi) is 20.9. The van der Waals surface area contributed by atoms with Crippen LogP contribution in [0, 0.1) is 18.4 Å². The number of aliphatic hydroxyl groups excluding tert-OH is 1. The first-order valence-electron chi connectivity index (χ1n) is 21.5. The number of halogens is 1. The molecule has 17 heteroatoms. The third kappa shape index (κ3) is 15.5. The second kappa shape index (κ2) is 25.7. The number of aliphatic hydroxyl groups is 1. The summed E-state index contributed by atoms with van der Waals surface area (Å²) in [7, 11) is -4.66. The van der Waals surface area contributed by atoms with Crippen LogP contribution in [0.3, 0.4) is 0 Å². The first-order chi connectivity index (χ1) is 29.0. The Morgan fingerprint density at radius 3 is 2.18 bits per heavy atom. The van der Waals surface area contributed by atoms with E-state index in [1.807, 2.05) is 6.07 Å². The van der Waals surface area contributed by atoms with Crippen molar-refractivity contribution in [1.82, 2.24) is 24.6 Å². The maximum Gasteiger partial charge on any atom is 0.406 e. The Hall–Kier alpha value is -3.97. The second-order valence-electron chi connectivity index (χ2n) is 15.3. The average molecular weight is 859 g/mol. The van der Waals surface area contributed by atoms with Gasteiger partial charge in [-0.15, -0.1) is 6.42 Å². The SMILES string of the molecule is C#C[C@]1(COP(=O)(N[C@@H](Cc2ccccc2)C(=O)OCCCCCCCCCC)OCC(=O)OCCCCCCCCCC)O[C@@H](n2cnc3c(N)nc(F)nc32)C[C@@H]1O. The number of terminal acetylenes is 1. The number of ether oxygens (including phenoxy) is 3. The molecule has 4 N–H and O–H groups in total. The summed E-state index contributed by atoms with van der Waals surface area (Å²) in [5.41, 5.74) is 4.74. The van der Waals surface area contributed by atoms with Crippen molar-refractivity contribution in [3.63, 3.8) is 0 Å². The number of nitrogens with two attached hydrogens (primary N) is 1. The van der Waals surface area contributed by atoms with Crippen LogP contribution in [0.4, 0.5) is 10.2 Å². The van der Waals surface area contributed by atoms with Crippen LogP contribution in [-0.2, 0) is 43.8 Å². The molecule has 0 bridgehead atoms. The van der Waals surface area contributed by atoms with Gasteiger partial charge in [-0.1, -0.05) is 140 Å². The van der Waals surface area contributed by atoms with E-state index in [1.165, 1.54) is 62.3 Å². The van der Waals surface area contributed by atoms with Crippen LogP contribution in [-0.4, -0.2) is 80.7 Å². The van der Waals surface area contributed by atoms with Gasteiger partial charge in [-0.3, -0.25) is 18.4 Å². The van der Waals surface area contributed by atoms with E-state index in [1.54, 1.807) is 24.3 Å². The molecule has 1 fully saturated rings. The van der Waals surface area contributed by atoms with Gasteiger partial charge in [0.05, 0.1) is 19.5 Å². The average Bonchev–Trinajstić information content (AvgIpc) is 3.82. The molecular formula is C43H64FN6O9P. The highest BCUT2D eigenvalue weighted by atomic mass is 31.2. The number of carbonyl (C=O) groups is 2. The van der Waals surface area contributed by atoms with Crippen molar-refractivity contribution in [2.45, 2.75) is 153 Å². The summed E-state index contributed by atoms with van der Waals surface area (Å²) in [6.45, 7) is 3.17. The predicted octanol–water partition coefficient (Wildman–Crippen LogP) is 7.91. The summed E-state index contributed by atoms with van der Waals surface area (Å²) < 4.78 is 58.9. The number of nitrogens with zero attached hydrogens (tertiary/aromatic N) is 4. The zero-order chi connectivity index (χ0) is 43.2. The smallest absolute Gasteiger partial charge is 0.406 e. The van der Waals surface area contributed by atoms with Gasteiger partial charge in [0.2, 0.25) is 0 Å². The van der Waals surface area contributed by atoms with E-state index in [0.29, 0.717) is 12.8 Å². The fourth-order valence-corrected chi connectivity index (χ4v) is 8.41. The highest BCUT2D eigenvalue weighted by molar-refractivity contribution is 7.51. The number of hydrogen-bond donors (Lipinski definition) is 3. The Bertz CT molecular complexity index is 1850. The summed E-state index contributed by atoms with van der Waals surface area (Å²) >= 11 is 0. The van der Waals surface area contributed by atoms with Crippen molar-refractivity contribution < 1.29 is 46.9 Å². The summed E-state index contributed by atoms with van der Waals surface area (Å²) in [5.74, 6) is 0.734. The van der Waals surface area contributed by atoms with Crippen LogP contribution in [0.5, 0.6) is 0 Å². The molecule has 0 aliphatic carbocycles. The molecule has 0 radical (unpaired) electrons. The summed E-state index contributed by atoms with van der Waals surface area (Å²) in [5, 5.41) is 14.0. The molecule has 5 atom stereocenters. The van der Waals surface area contributed by atoms with Crippen molar-refractivity contribution in [3.8, 4) is 12.3 Å². The molecule has 15 nitrogen and oxygen atoms in total. The lowest BCUT2D eigenvalue weighted by atomic mass is 9.99. The molecule has 4 rings (SSSR count). The molecule has 60 heavy (non-hydrogen) atoms. The maximum absolute atomic E-state index is 14.7. The molecule has 1 aliphatic heterocycles. The molecule has 0 saturated carbocycles. The largest absolute Gasteiger partial charge is 0.465 e. The lowest BCUT2D eigenvalue weighted by molar-refractivity contribution is -0.146. The van der Waals surface area contributed by atoms with Crippen molar-refractivity contribution in [1.29, 1.82) is 0 Å². The van der Waals surface area contributed by atoms with E-state index in [4.69, 9.17) is 35.4 Å². The number of nitrogen functional groups attached to an aromatic ring is 1. The number of aromatic nitrogens is 4. The van der Waals surface area contributed by atoms with Gasteiger partial charge < -0.3 is 25.1 Å². The summed E-state index contributed by atoms with van der Waals surface area (Å²) in [4.78, 5) is 38.0. The molecule has 1 saturated heterocycles. The van der Waals surface area contributed by atoms with Gasteiger partial charge in [-0.25, -0.2) is 19.4 Å². The first kappa shape index (κ1) is 48.7. The maximum atomic E-state index is 14.7. The van der Waals surface area contributed by atoms with Crippen molar-refractivity contribution >= 4 is 36.7 Å². The van der Waals surface area contributed by atoms with Crippen LogP contribution < -0.4 is 10.8 Å². The van der Waals surface area contributed by atoms with Crippen molar-refractivity contribution in [2.24, 2.45) is 0 Å². The molecular weight excluding hydrogens is 794 g/mol. The molecule has 3 heterocycles. The Morgan fingerprint density at radius 1 is 0.967 bits per heavy atom. The van der Waals surface area contributed by atoms with E-state index in [2.05, 4.69) is 39.8 Å². The van der Waals surface area contributed by atoms with Gasteiger partial charge in [-0.2, -0.15) is 14.4 Å². The van der Waals surface area contributed by atoms with Crippen LogP contribution in [0.2, 0.25) is 0 Å². The van der Waals surface area contributed by atoms with E-state index < -0.39 is 63.0 Å². The Morgan fingerprint density at radius 2 is 1.57 bits per heavy atom. The molecule has 3 aromatic rings.